The molecule has 0 aliphatic heterocycles. The van der Waals surface area contributed by atoms with Crippen LogP contribution < -0.4 is 10.6 Å². The number of unbranched alkanes of at least 4 members (excludes halogenated alkanes) is 1. The Bertz CT molecular complexity index is 915. The number of nitrogens with zero attached hydrogens (tertiary/aromatic N) is 3. The van der Waals surface area contributed by atoms with Crippen LogP contribution in [-0.4, -0.2) is 27.5 Å². The van der Waals surface area contributed by atoms with Crippen LogP contribution in [0.2, 0.25) is 0 Å². The molecule has 1 aliphatic rings. The minimum absolute atomic E-state index is 0.360. The van der Waals surface area contributed by atoms with Crippen molar-refractivity contribution in [2.24, 2.45) is 5.92 Å². The first-order valence-electron chi connectivity index (χ1n) is 11.4. The van der Waals surface area contributed by atoms with Crippen molar-refractivity contribution in [1.29, 1.82) is 0 Å². The zero-order valence-electron chi connectivity index (χ0n) is 19.0. The van der Waals surface area contributed by atoms with E-state index in [4.69, 9.17) is 15.0 Å². The van der Waals surface area contributed by atoms with E-state index >= 15 is 0 Å². The molecule has 2 aromatic heterocycles. The van der Waals surface area contributed by atoms with E-state index < -0.39 is 0 Å². The van der Waals surface area contributed by atoms with E-state index in [9.17, 15) is 0 Å². The number of aromatic nitrogens is 3. The first-order chi connectivity index (χ1) is 14.6. The van der Waals surface area contributed by atoms with Gasteiger partial charge in [0.05, 0.1) is 21.5 Å². The molecule has 1 aromatic carbocycles. The van der Waals surface area contributed by atoms with Crippen LogP contribution in [0.15, 0.2) is 24.3 Å². The molecule has 162 valence electrons. The molecule has 2 heterocycles. The topological polar surface area (TPSA) is 62.7 Å². The first-order valence-corrected chi connectivity index (χ1v) is 12.2. The van der Waals surface area contributed by atoms with Gasteiger partial charge < -0.3 is 10.6 Å². The van der Waals surface area contributed by atoms with Crippen molar-refractivity contribution in [3.63, 3.8) is 0 Å². The summed E-state index contributed by atoms with van der Waals surface area (Å²) in [7, 11) is 0. The molecule has 1 unspecified atom stereocenters. The van der Waals surface area contributed by atoms with Crippen LogP contribution in [0.1, 0.15) is 65.5 Å². The van der Waals surface area contributed by atoms with E-state index in [2.05, 4.69) is 49.6 Å². The Kier molecular flexibility index (Phi) is 8.02. The molecule has 0 amide bonds. The molecule has 0 bridgehead atoms. The Hall–Kier alpha value is -2.21. The smallest absolute Gasteiger partial charge is 0.224 e. The Morgan fingerprint density at radius 1 is 1.13 bits per heavy atom. The Balaban J connectivity index is 0.00000124. The molecule has 30 heavy (non-hydrogen) atoms. The molecule has 4 rings (SSSR count). The second kappa shape index (κ2) is 10.7. The van der Waals surface area contributed by atoms with Gasteiger partial charge in [-0.05, 0) is 51.2 Å². The molecular weight excluding hydrogens is 390 g/mol. The Morgan fingerprint density at radius 2 is 1.90 bits per heavy atom. The fraction of sp³-hybridized carbons (Fsp3) is 0.542. The van der Waals surface area contributed by atoms with Crippen LogP contribution in [0.4, 0.5) is 11.8 Å². The number of nitrogens with one attached hydrogen (secondary N) is 2. The number of thiazole rings is 1. The zero-order valence-corrected chi connectivity index (χ0v) is 19.8. The lowest BCUT2D eigenvalue weighted by Crippen LogP contribution is -2.18. The highest BCUT2D eigenvalue weighted by Gasteiger charge is 2.23. The highest BCUT2D eigenvalue weighted by molar-refractivity contribution is 7.21. The molecule has 1 fully saturated rings. The fourth-order valence-corrected chi connectivity index (χ4v) is 4.43. The highest BCUT2D eigenvalue weighted by atomic mass is 32.1. The van der Waals surface area contributed by atoms with Gasteiger partial charge in [0.25, 0.3) is 0 Å². The van der Waals surface area contributed by atoms with E-state index in [1.807, 2.05) is 19.9 Å². The summed E-state index contributed by atoms with van der Waals surface area (Å²) in [4.78, 5) is 14.5. The van der Waals surface area contributed by atoms with Crippen LogP contribution in [-0.2, 0) is 0 Å². The molecule has 0 spiro atoms. The predicted octanol–water partition coefficient (Wildman–Crippen LogP) is 6.90. The summed E-state index contributed by atoms with van der Waals surface area (Å²) >= 11 is 1.71. The van der Waals surface area contributed by atoms with Gasteiger partial charge in [-0.1, -0.05) is 45.7 Å². The minimum atomic E-state index is 0.360. The molecular formula is C24H35N5S. The third-order valence-corrected chi connectivity index (χ3v) is 6.27. The second-order valence-corrected chi connectivity index (χ2v) is 8.89. The Labute approximate surface area is 184 Å². The van der Waals surface area contributed by atoms with Gasteiger partial charge in [0.1, 0.15) is 10.8 Å². The molecule has 0 radical (unpaired) electrons. The molecule has 0 saturated heterocycles. The van der Waals surface area contributed by atoms with Crippen LogP contribution in [0.3, 0.4) is 0 Å². The summed E-state index contributed by atoms with van der Waals surface area (Å²) in [6.07, 6.45) is 6.17. The average Bonchev–Trinajstić information content (AvgIpc) is 3.49. The molecule has 1 aliphatic carbocycles. The van der Waals surface area contributed by atoms with Crippen molar-refractivity contribution in [2.45, 2.75) is 72.8 Å². The number of aryl methyl sites for hydroxylation is 1. The van der Waals surface area contributed by atoms with Gasteiger partial charge in [-0.3, -0.25) is 0 Å². The number of hydrogen-bond donors (Lipinski definition) is 2. The average molecular weight is 426 g/mol. The van der Waals surface area contributed by atoms with Gasteiger partial charge in [-0.2, -0.15) is 4.98 Å². The molecule has 1 saturated carbocycles. The van der Waals surface area contributed by atoms with Gasteiger partial charge in [0.2, 0.25) is 5.95 Å². The van der Waals surface area contributed by atoms with Crippen LogP contribution >= 0.6 is 11.3 Å². The number of anilines is 2. The zero-order chi connectivity index (χ0) is 21.5. The lowest BCUT2D eigenvalue weighted by molar-refractivity contribution is 0.643. The van der Waals surface area contributed by atoms with Crippen molar-refractivity contribution < 1.29 is 0 Å². The minimum Gasteiger partial charge on any atom is -0.367 e. The summed E-state index contributed by atoms with van der Waals surface area (Å²) in [5.41, 5.74) is 3.03. The molecule has 3 aromatic rings. The number of fused-ring (bicyclic) bond motifs is 1. The summed E-state index contributed by atoms with van der Waals surface area (Å²) < 4.78 is 1.19. The van der Waals surface area contributed by atoms with Crippen molar-refractivity contribution in [3.05, 3.63) is 30.0 Å². The SMILES string of the molecule is CC.CCCCC(C)Nc1nc(NCC2CC2)nc(C)c1-c1nc2ccccc2s1. The Morgan fingerprint density at radius 3 is 2.60 bits per heavy atom. The van der Waals surface area contributed by atoms with Crippen LogP contribution in [0.5, 0.6) is 0 Å². The highest BCUT2D eigenvalue weighted by Crippen LogP contribution is 2.36. The molecule has 2 N–H and O–H groups in total. The third kappa shape index (κ3) is 5.69. The summed E-state index contributed by atoms with van der Waals surface area (Å²) in [5, 5.41) is 8.06. The van der Waals surface area contributed by atoms with Gasteiger partial charge >= 0.3 is 0 Å². The van der Waals surface area contributed by atoms with Gasteiger partial charge in [-0.25, -0.2) is 9.97 Å². The van der Waals surface area contributed by atoms with Crippen LogP contribution in [0.25, 0.3) is 20.8 Å². The van der Waals surface area contributed by atoms with Crippen LogP contribution in [0, 0.1) is 12.8 Å². The van der Waals surface area contributed by atoms with Crippen molar-refractivity contribution >= 4 is 33.3 Å². The monoisotopic (exact) mass is 425 g/mol. The molecule has 5 nitrogen and oxygen atoms in total. The predicted molar refractivity (Wildman–Crippen MR) is 131 cm³/mol. The van der Waals surface area contributed by atoms with Gasteiger partial charge in [-0.15, -0.1) is 11.3 Å². The van der Waals surface area contributed by atoms with E-state index in [1.165, 1.54) is 30.4 Å². The largest absolute Gasteiger partial charge is 0.367 e. The van der Waals surface area contributed by atoms with E-state index in [0.29, 0.717) is 6.04 Å². The second-order valence-electron chi connectivity index (χ2n) is 7.85. The lowest BCUT2D eigenvalue weighted by Gasteiger charge is -2.18. The third-order valence-electron chi connectivity index (χ3n) is 5.22. The van der Waals surface area contributed by atoms with E-state index in [1.54, 1.807) is 11.3 Å². The quantitative estimate of drug-likeness (QED) is 0.390. The summed E-state index contributed by atoms with van der Waals surface area (Å²) in [6.45, 7) is 11.5. The fourth-order valence-electron chi connectivity index (χ4n) is 3.37. The van der Waals surface area contributed by atoms with Crippen molar-refractivity contribution in [2.75, 3.05) is 17.2 Å². The summed E-state index contributed by atoms with van der Waals surface area (Å²) in [5.74, 6) is 2.40. The number of rotatable bonds is 9. The standard InChI is InChI=1S/C22H29N5S.C2H6/c1-4-5-8-14(2)24-20-19(21-26-17-9-6-7-10-18(17)28-21)15(3)25-22(27-20)23-13-16-11-12-16;1-2/h6-7,9-10,14,16H,4-5,8,11-13H2,1-3H3,(H2,23,24,25,27);1-2H3. The lowest BCUT2D eigenvalue weighted by atomic mass is 10.1. The number of benzene rings is 1. The van der Waals surface area contributed by atoms with E-state index in [-0.39, 0.29) is 0 Å². The van der Waals surface area contributed by atoms with Crippen molar-refractivity contribution in [3.8, 4) is 10.6 Å². The van der Waals surface area contributed by atoms with Gasteiger partial charge in [0.15, 0.2) is 0 Å². The molecule has 6 heteroatoms. The molecule has 1 atom stereocenters. The summed E-state index contributed by atoms with van der Waals surface area (Å²) in [6, 6.07) is 8.64. The normalized spacial score (nSPS) is 14.2. The maximum absolute atomic E-state index is 4.87. The maximum Gasteiger partial charge on any atom is 0.224 e. The number of hydrogen-bond acceptors (Lipinski definition) is 6. The van der Waals surface area contributed by atoms with Gasteiger partial charge in [0, 0.05) is 12.6 Å². The first kappa shape index (κ1) is 22.5. The maximum atomic E-state index is 4.87. The van der Waals surface area contributed by atoms with E-state index in [0.717, 1.165) is 52.4 Å². The number of para-hydroxylation sites is 1. The van der Waals surface area contributed by atoms with Crippen molar-refractivity contribution in [1.82, 2.24) is 15.0 Å².